The van der Waals surface area contributed by atoms with E-state index in [9.17, 15) is 0 Å². The quantitative estimate of drug-likeness (QED) is 0.189. The van der Waals surface area contributed by atoms with Crippen molar-refractivity contribution in [3.8, 4) is 11.1 Å². The summed E-state index contributed by atoms with van der Waals surface area (Å²) >= 11 is 0. The number of benzene rings is 6. The van der Waals surface area contributed by atoms with E-state index in [4.69, 9.17) is 0 Å². The largest absolute Gasteiger partial charge is 0.377 e. The second-order valence-corrected chi connectivity index (χ2v) is 18.1. The minimum atomic E-state index is -2.03. The van der Waals surface area contributed by atoms with Crippen LogP contribution in [0, 0.1) is 0 Å². The average molecular weight is 595 g/mol. The summed E-state index contributed by atoms with van der Waals surface area (Å²) in [5, 5.41) is 3.00. The lowest BCUT2D eigenvalue weighted by molar-refractivity contribution is 0.632. The molecule has 6 aromatic carbocycles. The molecule has 0 unspecified atom stereocenters. The highest BCUT2D eigenvalue weighted by molar-refractivity contribution is 7.04. The molecule has 0 aromatic heterocycles. The fourth-order valence-corrected chi connectivity index (χ4v) is 11.5. The molecule has 9 rings (SSSR count). The SMILES string of the molecule is CC1(C)c2ccccc2N2c3ccccc3B(N3c4ccccc4[Si](C)(C)c4cccc(-c5ccccc5)c43)c3cccc1c32. The van der Waals surface area contributed by atoms with Crippen molar-refractivity contribution in [1.29, 1.82) is 0 Å². The summed E-state index contributed by atoms with van der Waals surface area (Å²) < 4.78 is 0. The van der Waals surface area contributed by atoms with Crippen LogP contribution in [-0.2, 0) is 5.41 Å². The van der Waals surface area contributed by atoms with Crippen molar-refractivity contribution >= 4 is 64.7 Å². The molecule has 6 aromatic rings. The third kappa shape index (κ3) is 3.52. The van der Waals surface area contributed by atoms with Gasteiger partial charge in [0, 0.05) is 33.7 Å². The molecular formula is C41H35BN2Si. The van der Waals surface area contributed by atoms with Crippen LogP contribution in [0.5, 0.6) is 0 Å². The molecule has 2 nitrogen and oxygen atoms in total. The summed E-state index contributed by atoms with van der Waals surface area (Å²) in [5.74, 6) is 0. The standard InChI is InChI=1S/C41H35BN2Si/c1-41(2)30-19-8-10-23-34(30)43-35-24-11-9-21-32(35)42(33-22-15-20-31(41)40(33)43)44-36-25-12-13-26-37(36)45(3,4)38-27-14-18-29(39(38)44)28-16-6-5-7-17-28/h5-27H,1-4H3. The Morgan fingerprint density at radius 2 is 1.11 bits per heavy atom. The number of nitrogens with zero attached hydrogens (tertiary/aromatic N) is 2. The maximum absolute atomic E-state index is 2.71. The van der Waals surface area contributed by atoms with Gasteiger partial charge in [-0.2, -0.15) is 0 Å². The van der Waals surface area contributed by atoms with E-state index < -0.39 is 8.07 Å². The van der Waals surface area contributed by atoms with Gasteiger partial charge in [-0.05, 0) is 56.2 Å². The Morgan fingerprint density at radius 1 is 0.511 bits per heavy atom. The van der Waals surface area contributed by atoms with Gasteiger partial charge in [0.25, 0.3) is 0 Å². The summed E-state index contributed by atoms with van der Waals surface area (Å²) in [6.07, 6.45) is 0. The van der Waals surface area contributed by atoms with Gasteiger partial charge in [0.05, 0.1) is 5.69 Å². The molecule has 0 saturated carbocycles. The molecule has 3 aliphatic heterocycles. The molecule has 0 bridgehead atoms. The van der Waals surface area contributed by atoms with E-state index in [0.29, 0.717) is 0 Å². The molecule has 216 valence electrons. The highest BCUT2D eigenvalue weighted by atomic mass is 28.3. The lowest BCUT2D eigenvalue weighted by Gasteiger charge is -2.50. The molecule has 0 N–H and O–H groups in total. The Hall–Kier alpha value is -4.80. The lowest BCUT2D eigenvalue weighted by atomic mass is 9.45. The van der Waals surface area contributed by atoms with E-state index >= 15 is 0 Å². The Labute approximate surface area is 267 Å². The van der Waals surface area contributed by atoms with E-state index in [-0.39, 0.29) is 12.3 Å². The van der Waals surface area contributed by atoms with Crippen LogP contribution in [0.25, 0.3) is 11.1 Å². The molecule has 3 aliphatic rings. The fraction of sp³-hybridized carbons (Fsp3) is 0.122. The normalized spacial score (nSPS) is 16.2. The summed E-state index contributed by atoms with van der Waals surface area (Å²) in [5.41, 5.74) is 14.5. The molecule has 0 amide bonds. The zero-order valence-corrected chi connectivity index (χ0v) is 27.3. The minimum absolute atomic E-state index is 0.00308. The van der Waals surface area contributed by atoms with Gasteiger partial charge in [-0.25, -0.2) is 0 Å². The molecule has 0 aliphatic carbocycles. The van der Waals surface area contributed by atoms with Crippen LogP contribution >= 0.6 is 0 Å². The monoisotopic (exact) mass is 594 g/mol. The summed E-state index contributed by atoms with van der Waals surface area (Å²) in [6.45, 7) is 9.83. The Bertz CT molecular complexity index is 2150. The third-order valence-corrected chi connectivity index (χ3v) is 14.2. The van der Waals surface area contributed by atoms with E-state index in [1.54, 1.807) is 0 Å². The van der Waals surface area contributed by atoms with Gasteiger partial charge in [-0.3, -0.25) is 0 Å². The zero-order chi connectivity index (χ0) is 30.5. The predicted molar refractivity (Wildman–Crippen MR) is 195 cm³/mol. The minimum Gasteiger partial charge on any atom is -0.377 e. The second kappa shape index (κ2) is 9.35. The van der Waals surface area contributed by atoms with Crippen LogP contribution in [-0.4, -0.2) is 14.9 Å². The molecule has 4 heteroatoms. The molecule has 0 radical (unpaired) electrons. The Balaban J connectivity index is 1.41. The van der Waals surface area contributed by atoms with Crippen LogP contribution in [0.15, 0.2) is 140 Å². The van der Waals surface area contributed by atoms with Gasteiger partial charge in [-0.1, -0.05) is 148 Å². The van der Waals surface area contributed by atoms with Crippen LogP contribution in [0.1, 0.15) is 25.0 Å². The molecule has 3 heterocycles. The van der Waals surface area contributed by atoms with Crippen molar-refractivity contribution in [2.45, 2.75) is 32.4 Å². The van der Waals surface area contributed by atoms with Gasteiger partial charge in [-0.15, -0.1) is 0 Å². The van der Waals surface area contributed by atoms with Crippen LogP contribution < -0.4 is 31.0 Å². The smallest absolute Gasteiger partial charge is 0.332 e. The lowest BCUT2D eigenvalue weighted by Crippen LogP contribution is -2.67. The topological polar surface area (TPSA) is 6.48 Å². The highest BCUT2D eigenvalue weighted by Gasteiger charge is 2.49. The van der Waals surface area contributed by atoms with Gasteiger partial charge in [0.1, 0.15) is 8.07 Å². The molecule has 45 heavy (non-hydrogen) atoms. The van der Waals surface area contributed by atoms with Crippen molar-refractivity contribution in [3.63, 3.8) is 0 Å². The van der Waals surface area contributed by atoms with Crippen molar-refractivity contribution in [1.82, 2.24) is 0 Å². The van der Waals surface area contributed by atoms with E-state index in [1.165, 1.54) is 72.0 Å². The van der Waals surface area contributed by atoms with Crippen LogP contribution in [0.2, 0.25) is 13.1 Å². The zero-order valence-electron chi connectivity index (χ0n) is 26.3. The first-order chi connectivity index (χ1) is 21.9. The number of para-hydroxylation sites is 5. The first kappa shape index (κ1) is 26.6. The molecule has 0 atom stereocenters. The van der Waals surface area contributed by atoms with E-state index in [0.717, 1.165) is 0 Å². The van der Waals surface area contributed by atoms with Crippen LogP contribution in [0.4, 0.5) is 28.4 Å². The Kier molecular flexibility index (Phi) is 5.53. The number of hydrogen-bond acceptors (Lipinski definition) is 2. The summed E-state index contributed by atoms with van der Waals surface area (Å²) in [6, 6.07) is 52.4. The van der Waals surface area contributed by atoms with Crippen molar-refractivity contribution in [2.75, 3.05) is 9.71 Å². The van der Waals surface area contributed by atoms with Crippen LogP contribution in [0.3, 0.4) is 0 Å². The maximum atomic E-state index is 2.71. The molecule has 0 saturated heterocycles. The third-order valence-electron chi connectivity index (χ3n) is 10.7. The number of hydrogen-bond donors (Lipinski definition) is 0. The van der Waals surface area contributed by atoms with E-state index in [2.05, 4.69) is 176 Å². The number of fused-ring (bicyclic) bond motifs is 6. The predicted octanol–water partition coefficient (Wildman–Crippen LogP) is 7.86. The molecular weight excluding hydrogens is 559 g/mol. The van der Waals surface area contributed by atoms with E-state index in [1.807, 2.05) is 0 Å². The van der Waals surface area contributed by atoms with Crippen molar-refractivity contribution in [3.05, 3.63) is 151 Å². The van der Waals surface area contributed by atoms with Gasteiger partial charge in [0.15, 0.2) is 0 Å². The Morgan fingerprint density at radius 3 is 1.93 bits per heavy atom. The van der Waals surface area contributed by atoms with Crippen molar-refractivity contribution < 1.29 is 0 Å². The first-order valence-corrected chi connectivity index (χ1v) is 19.1. The van der Waals surface area contributed by atoms with Gasteiger partial charge < -0.3 is 9.71 Å². The first-order valence-electron chi connectivity index (χ1n) is 16.1. The molecule has 0 fully saturated rings. The highest BCUT2D eigenvalue weighted by Crippen LogP contribution is 2.53. The fourth-order valence-electron chi connectivity index (χ4n) is 8.52. The summed E-state index contributed by atoms with van der Waals surface area (Å²) in [4.78, 5) is 5.26. The van der Waals surface area contributed by atoms with Gasteiger partial charge in [0.2, 0.25) is 0 Å². The second-order valence-electron chi connectivity index (χ2n) is 13.8. The maximum Gasteiger partial charge on any atom is 0.332 e. The van der Waals surface area contributed by atoms with Crippen molar-refractivity contribution in [2.24, 2.45) is 0 Å². The number of anilines is 5. The number of rotatable bonds is 2. The summed E-state index contributed by atoms with van der Waals surface area (Å²) in [7, 11) is -2.03. The average Bonchev–Trinajstić information content (AvgIpc) is 3.07. The van der Waals surface area contributed by atoms with Gasteiger partial charge >= 0.3 is 6.85 Å². The molecule has 0 spiro atoms.